The summed E-state index contributed by atoms with van der Waals surface area (Å²) in [5.41, 5.74) is -0.980. The second kappa shape index (κ2) is 5.94. The zero-order valence-corrected chi connectivity index (χ0v) is 13.8. The molecule has 1 fully saturated rings. The lowest BCUT2D eigenvalue weighted by atomic mass is 9.69. The lowest BCUT2D eigenvalue weighted by Crippen LogP contribution is -2.47. The van der Waals surface area contributed by atoms with E-state index in [1.165, 1.54) is 19.2 Å². The molecule has 0 unspecified atom stereocenters. The van der Waals surface area contributed by atoms with E-state index < -0.39 is 21.4 Å². The minimum atomic E-state index is -3.84. The standard InChI is InChI=1S/C13H16BrNO5S/c1-20-10-4-3-9(14)7-11(10)21(18,19)15-8-13(12(16)17)5-2-6-13/h3-4,7,15H,2,5-6,8H2,1H3,(H,16,17). The molecule has 1 aliphatic rings. The van der Waals surface area contributed by atoms with Gasteiger partial charge in [-0.2, -0.15) is 0 Å². The largest absolute Gasteiger partial charge is 0.495 e. The summed E-state index contributed by atoms with van der Waals surface area (Å²) in [6.07, 6.45) is 1.77. The fourth-order valence-corrected chi connectivity index (χ4v) is 4.07. The minimum absolute atomic E-state index is 0.0146. The van der Waals surface area contributed by atoms with Crippen molar-refractivity contribution < 1.29 is 23.1 Å². The number of sulfonamides is 1. The van der Waals surface area contributed by atoms with Crippen molar-refractivity contribution in [1.82, 2.24) is 4.72 Å². The molecule has 0 aromatic heterocycles. The summed E-state index contributed by atoms with van der Waals surface area (Å²) < 4.78 is 32.8. The van der Waals surface area contributed by atoms with E-state index in [0.29, 0.717) is 17.3 Å². The Morgan fingerprint density at radius 3 is 2.62 bits per heavy atom. The number of carbonyl (C=O) groups is 1. The van der Waals surface area contributed by atoms with Crippen LogP contribution in [-0.2, 0) is 14.8 Å². The fraction of sp³-hybridized carbons (Fsp3) is 0.462. The lowest BCUT2D eigenvalue weighted by molar-refractivity contribution is -0.153. The van der Waals surface area contributed by atoms with Gasteiger partial charge in [0.2, 0.25) is 10.0 Å². The van der Waals surface area contributed by atoms with Gasteiger partial charge >= 0.3 is 5.97 Å². The molecule has 1 aromatic rings. The molecule has 0 heterocycles. The van der Waals surface area contributed by atoms with Crippen molar-refractivity contribution in [1.29, 1.82) is 0 Å². The van der Waals surface area contributed by atoms with E-state index >= 15 is 0 Å². The second-order valence-electron chi connectivity index (χ2n) is 5.06. The maximum absolute atomic E-state index is 12.4. The molecule has 6 nitrogen and oxygen atoms in total. The fourth-order valence-electron chi connectivity index (χ4n) is 2.24. The van der Waals surface area contributed by atoms with Gasteiger partial charge in [-0.05, 0) is 31.0 Å². The molecule has 2 rings (SSSR count). The molecule has 21 heavy (non-hydrogen) atoms. The highest BCUT2D eigenvalue weighted by atomic mass is 79.9. The maximum Gasteiger partial charge on any atom is 0.310 e. The van der Waals surface area contributed by atoms with E-state index in [4.69, 9.17) is 4.74 Å². The third kappa shape index (κ3) is 3.22. The molecule has 8 heteroatoms. The average molecular weight is 378 g/mol. The number of halogens is 1. The number of carboxylic acids is 1. The highest BCUT2D eigenvalue weighted by molar-refractivity contribution is 9.10. The van der Waals surface area contributed by atoms with Crippen LogP contribution < -0.4 is 9.46 Å². The molecule has 1 aliphatic carbocycles. The quantitative estimate of drug-likeness (QED) is 0.790. The average Bonchev–Trinajstić information content (AvgIpc) is 2.36. The zero-order chi connectivity index (χ0) is 15.7. The van der Waals surface area contributed by atoms with E-state index in [9.17, 15) is 18.3 Å². The summed E-state index contributed by atoms with van der Waals surface area (Å²) >= 11 is 3.21. The zero-order valence-electron chi connectivity index (χ0n) is 11.4. The van der Waals surface area contributed by atoms with Gasteiger partial charge in [0.25, 0.3) is 0 Å². The Hall–Kier alpha value is -1.12. The molecule has 2 N–H and O–H groups in total. The summed E-state index contributed by atoms with van der Waals surface area (Å²) in [4.78, 5) is 11.3. The Morgan fingerprint density at radius 2 is 2.14 bits per heavy atom. The molecular weight excluding hydrogens is 362 g/mol. The Kier molecular flexibility index (Phi) is 4.60. The first kappa shape index (κ1) is 16.3. The Balaban J connectivity index is 2.23. The van der Waals surface area contributed by atoms with Crippen LogP contribution in [0.5, 0.6) is 5.75 Å². The van der Waals surface area contributed by atoms with Crippen LogP contribution in [0.25, 0.3) is 0 Å². The third-order valence-corrected chi connectivity index (χ3v) is 5.70. The van der Waals surface area contributed by atoms with Gasteiger partial charge in [-0.15, -0.1) is 0 Å². The van der Waals surface area contributed by atoms with Crippen molar-refractivity contribution in [2.24, 2.45) is 5.41 Å². The number of ether oxygens (including phenoxy) is 1. The van der Waals surface area contributed by atoms with E-state index in [0.717, 1.165) is 6.42 Å². The van der Waals surface area contributed by atoms with Gasteiger partial charge in [-0.3, -0.25) is 4.79 Å². The first-order valence-corrected chi connectivity index (χ1v) is 8.65. The molecule has 1 aromatic carbocycles. The van der Waals surface area contributed by atoms with Crippen LogP contribution >= 0.6 is 15.9 Å². The number of carboxylic acid groups (broad SMARTS) is 1. The van der Waals surface area contributed by atoms with Gasteiger partial charge in [0.1, 0.15) is 10.6 Å². The van der Waals surface area contributed by atoms with Crippen LogP contribution in [0, 0.1) is 5.41 Å². The molecule has 0 spiro atoms. The predicted molar refractivity (Wildman–Crippen MR) is 79.8 cm³/mol. The summed E-state index contributed by atoms with van der Waals surface area (Å²) in [6.45, 7) is -0.111. The smallest absolute Gasteiger partial charge is 0.310 e. The predicted octanol–water partition coefficient (Wildman–Crippen LogP) is 1.99. The minimum Gasteiger partial charge on any atom is -0.495 e. The van der Waals surface area contributed by atoms with Crippen molar-refractivity contribution in [3.8, 4) is 5.75 Å². The topological polar surface area (TPSA) is 92.7 Å². The molecular formula is C13H16BrNO5S. The highest BCUT2D eigenvalue weighted by Gasteiger charge is 2.45. The van der Waals surface area contributed by atoms with Gasteiger partial charge in [0, 0.05) is 11.0 Å². The molecule has 116 valence electrons. The second-order valence-corrected chi connectivity index (χ2v) is 7.71. The summed E-state index contributed by atoms with van der Waals surface area (Å²) in [7, 11) is -2.45. The third-order valence-electron chi connectivity index (χ3n) is 3.78. The number of hydrogen-bond donors (Lipinski definition) is 2. The van der Waals surface area contributed by atoms with Crippen LogP contribution in [0.1, 0.15) is 19.3 Å². The van der Waals surface area contributed by atoms with Crippen LogP contribution in [0.3, 0.4) is 0 Å². The number of methoxy groups -OCH3 is 1. The first-order valence-electron chi connectivity index (χ1n) is 6.37. The van der Waals surface area contributed by atoms with Crippen molar-refractivity contribution in [3.63, 3.8) is 0 Å². The highest BCUT2D eigenvalue weighted by Crippen LogP contribution is 2.41. The van der Waals surface area contributed by atoms with Crippen LogP contribution in [-0.4, -0.2) is 33.1 Å². The monoisotopic (exact) mass is 377 g/mol. The van der Waals surface area contributed by atoms with Crippen molar-refractivity contribution in [3.05, 3.63) is 22.7 Å². The van der Waals surface area contributed by atoms with E-state index in [1.54, 1.807) is 6.07 Å². The van der Waals surface area contributed by atoms with Gasteiger partial charge in [0.15, 0.2) is 0 Å². The normalized spacial score (nSPS) is 17.0. The van der Waals surface area contributed by atoms with E-state index in [2.05, 4.69) is 20.7 Å². The summed E-state index contributed by atoms with van der Waals surface area (Å²) in [5, 5.41) is 9.23. The maximum atomic E-state index is 12.4. The van der Waals surface area contributed by atoms with Gasteiger partial charge in [-0.1, -0.05) is 22.4 Å². The number of hydrogen-bond acceptors (Lipinski definition) is 4. The molecule has 1 saturated carbocycles. The first-order chi connectivity index (χ1) is 9.81. The van der Waals surface area contributed by atoms with Crippen molar-refractivity contribution in [2.75, 3.05) is 13.7 Å². The van der Waals surface area contributed by atoms with Crippen molar-refractivity contribution >= 4 is 31.9 Å². The number of aliphatic carboxylic acids is 1. The number of rotatable bonds is 6. The summed E-state index contributed by atoms with van der Waals surface area (Å²) in [5.74, 6) is -0.749. The van der Waals surface area contributed by atoms with Crippen LogP contribution in [0.4, 0.5) is 0 Å². The molecule has 0 bridgehead atoms. The molecule has 0 aliphatic heterocycles. The Bertz CT molecular complexity index is 655. The molecule has 0 atom stereocenters. The van der Waals surface area contributed by atoms with E-state index in [-0.39, 0.29) is 17.2 Å². The van der Waals surface area contributed by atoms with Gasteiger partial charge < -0.3 is 9.84 Å². The van der Waals surface area contributed by atoms with Gasteiger partial charge in [-0.25, -0.2) is 13.1 Å². The number of nitrogens with one attached hydrogen (secondary N) is 1. The lowest BCUT2D eigenvalue weighted by Gasteiger charge is -2.37. The van der Waals surface area contributed by atoms with E-state index in [1.807, 2.05) is 0 Å². The Labute approximate surface area is 131 Å². The Morgan fingerprint density at radius 1 is 1.48 bits per heavy atom. The molecule has 0 saturated heterocycles. The summed E-state index contributed by atoms with van der Waals surface area (Å²) in [6, 6.07) is 4.63. The van der Waals surface area contributed by atoms with Crippen LogP contribution in [0.15, 0.2) is 27.6 Å². The van der Waals surface area contributed by atoms with Crippen molar-refractivity contribution in [2.45, 2.75) is 24.2 Å². The van der Waals surface area contributed by atoms with Gasteiger partial charge in [0.05, 0.1) is 12.5 Å². The molecule has 0 radical (unpaired) electrons. The SMILES string of the molecule is COc1ccc(Br)cc1S(=O)(=O)NCC1(C(=O)O)CCC1. The number of benzene rings is 1. The molecule has 0 amide bonds. The van der Waals surface area contributed by atoms with Crippen LogP contribution in [0.2, 0.25) is 0 Å².